The first kappa shape index (κ1) is 15.9. The largest absolute Gasteiger partial charge is 0.391 e. The van der Waals surface area contributed by atoms with Gasteiger partial charge in [0.2, 0.25) is 0 Å². The first-order valence-corrected chi connectivity index (χ1v) is 8.56. The molecular weight excluding hydrogens is 268 g/mol. The van der Waals surface area contributed by atoms with E-state index in [2.05, 4.69) is 37.8 Å². The summed E-state index contributed by atoms with van der Waals surface area (Å²) in [6.45, 7) is 4.16. The van der Waals surface area contributed by atoms with E-state index in [1.54, 1.807) is 11.3 Å². The van der Waals surface area contributed by atoms with Gasteiger partial charge in [0, 0.05) is 16.8 Å². The molecule has 1 saturated carbocycles. The molecule has 1 atom stereocenters. The SMILES string of the molecule is Cc1nc(CC(O)C2(N(C)C)CCCCCC2)sc1C. The molecule has 1 fully saturated rings. The molecule has 0 bridgehead atoms. The lowest BCUT2D eigenvalue weighted by Crippen LogP contribution is -2.54. The van der Waals surface area contributed by atoms with Gasteiger partial charge >= 0.3 is 0 Å². The summed E-state index contributed by atoms with van der Waals surface area (Å²) in [5.41, 5.74) is 1.04. The second kappa shape index (κ2) is 6.54. The number of thiazole rings is 1. The van der Waals surface area contributed by atoms with Crippen LogP contribution >= 0.6 is 11.3 Å². The van der Waals surface area contributed by atoms with Crippen molar-refractivity contribution in [3.8, 4) is 0 Å². The summed E-state index contributed by atoms with van der Waals surface area (Å²) in [6, 6.07) is 0. The highest BCUT2D eigenvalue weighted by Crippen LogP contribution is 2.35. The zero-order chi connectivity index (χ0) is 14.8. The van der Waals surface area contributed by atoms with Gasteiger partial charge in [-0.2, -0.15) is 0 Å². The molecule has 3 nitrogen and oxygen atoms in total. The van der Waals surface area contributed by atoms with Gasteiger partial charge in [0.1, 0.15) is 0 Å². The lowest BCUT2D eigenvalue weighted by Gasteiger charge is -2.43. The average molecular weight is 296 g/mol. The van der Waals surface area contributed by atoms with Crippen LogP contribution in [-0.4, -0.2) is 40.7 Å². The van der Waals surface area contributed by atoms with Crippen molar-refractivity contribution in [2.24, 2.45) is 0 Å². The van der Waals surface area contributed by atoms with Gasteiger partial charge in [-0.25, -0.2) is 4.98 Å². The van der Waals surface area contributed by atoms with E-state index in [0.717, 1.165) is 23.5 Å². The zero-order valence-corrected chi connectivity index (χ0v) is 14.1. The number of aromatic nitrogens is 1. The van der Waals surface area contributed by atoms with Crippen molar-refractivity contribution in [2.45, 2.75) is 70.4 Å². The quantitative estimate of drug-likeness (QED) is 0.866. The summed E-state index contributed by atoms with van der Waals surface area (Å²) in [5, 5.41) is 12.0. The minimum atomic E-state index is -0.319. The third kappa shape index (κ3) is 3.23. The first-order valence-electron chi connectivity index (χ1n) is 7.74. The summed E-state index contributed by atoms with van der Waals surface area (Å²) in [5.74, 6) is 0. The first-order chi connectivity index (χ1) is 9.45. The average Bonchev–Trinajstić information content (AvgIpc) is 2.61. The molecule has 0 spiro atoms. The molecule has 1 aromatic rings. The summed E-state index contributed by atoms with van der Waals surface area (Å²) in [4.78, 5) is 8.13. The number of aliphatic hydroxyl groups excluding tert-OH is 1. The maximum Gasteiger partial charge on any atom is 0.0957 e. The lowest BCUT2D eigenvalue weighted by molar-refractivity contribution is -0.0174. The third-order valence-electron chi connectivity index (χ3n) is 4.92. The number of rotatable bonds is 4. The van der Waals surface area contributed by atoms with Crippen molar-refractivity contribution in [2.75, 3.05) is 14.1 Å². The Morgan fingerprint density at radius 3 is 2.25 bits per heavy atom. The fourth-order valence-electron chi connectivity index (χ4n) is 3.40. The van der Waals surface area contributed by atoms with Crippen LogP contribution in [0.2, 0.25) is 0 Å². The minimum absolute atomic E-state index is 0.0655. The van der Waals surface area contributed by atoms with Crippen LogP contribution in [0.5, 0.6) is 0 Å². The number of hydrogen-bond donors (Lipinski definition) is 1. The summed E-state index contributed by atoms with van der Waals surface area (Å²) < 4.78 is 0. The maximum absolute atomic E-state index is 10.9. The van der Waals surface area contributed by atoms with Crippen LogP contribution in [0.1, 0.15) is 54.1 Å². The van der Waals surface area contributed by atoms with Crippen LogP contribution in [0.15, 0.2) is 0 Å². The van der Waals surface area contributed by atoms with Gasteiger partial charge in [-0.05, 0) is 40.8 Å². The van der Waals surface area contributed by atoms with E-state index in [1.165, 1.54) is 30.6 Å². The Kier molecular flexibility index (Phi) is 5.21. The van der Waals surface area contributed by atoms with Gasteiger partial charge in [0.25, 0.3) is 0 Å². The van der Waals surface area contributed by atoms with E-state index in [1.807, 2.05) is 0 Å². The van der Waals surface area contributed by atoms with E-state index in [-0.39, 0.29) is 11.6 Å². The molecule has 1 aliphatic carbocycles. The van der Waals surface area contributed by atoms with Crippen LogP contribution in [0.3, 0.4) is 0 Å². The Labute approximate surface area is 127 Å². The van der Waals surface area contributed by atoms with E-state index in [4.69, 9.17) is 0 Å². The molecule has 4 heteroatoms. The van der Waals surface area contributed by atoms with Crippen molar-refractivity contribution < 1.29 is 5.11 Å². The molecule has 0 amide bonds. The smallest absolute Gasteiger partial charge is 0.0957 e. The molecule has 0 radical (unpaired) electrons. The number of nitrogens with zero attached hydrogens (tertiary/aromatic N) is 2. The number of aliphatic hydroxyl groups is 1. The summed E-state index contributed by atoms with van der Waals surface area (Å²) >= 11 is 1.73. The van der Waals surface area contributed by atoms with Crippen molar-refractivity contribution in [3.63, 3.8) is 0 Å². The maximum atomic E-state index is 10.9. The Balaban J connectivity index is 2.15. The van der Waals surface area contributed by atoms with Crippen molar-refractivity contribution in [1.82, 2.24) is 9.88 Å². The molecule has 0 saturated heterocycles. The molecule has 20 heavy (non-hydrogen) atoms. The van der Waals surface area contributed by atoms with Gasteiger partial charge in [0.15, 0.2) is 0 Å². The molecular formula is C16H28N2OS. The van der Waals surface area contributed by atoms with Crippen LogP contribution in [0.25, 0.3) is 0 Å². The Morgan fingerprint density at radius 1 is 1.20 bits per heavy atom. The number of aryl methyl sites for hydroxylation is 2. The lowest BCUT2D eigenvalue weighted by atomic mass is 9.82. The second-order valence-corrected chi connectivity index (χ2v) is 7.67. The van der Waals surface area contributed by atoms with Gasteiger partial charge in [-0.1, -0.05) is 25.7 Å². The van der Waals surface area contributed by atoms with E-state index < -0.39 is 0 Å². The van der Waals surface area contributed by atoms with Gasteiger partial charge in [-0.15, -0.1) is 11.3 Å². The molecule has 1 aromatic heterocycles. The summed E-state index contributed by atoms with van der Waals surface area (Å²) in [7, 11) is 4.24. The molecule has 1 aliphatic rings. The van der Waals surface area contributed by atoms with Crippen molar-refractivity contribution in [3.05, 3.63) is 15.6 Å². The van der Waals surface area contributed by atoms with Crippen LogP contribution < -0.4 is 0 Å². The van der Waals surface area contributed by atoms with Crippen molar-refractivity contribution >= 4 is 11.3 Å². The zero-order valence-electron chi connectivity index (χ0n) is 13.3. The predicted octanol–water partition coefficient (Wildman–Crippen LogP) is 3.32. The molecule has 1 unspecified atom stereocenters. The van der Waals surface area contributed by atoms with Gasteiger partial charge in [0.05, 0.1) is 16.8 Å². The number of likely N-dealkylation sites (N-methyl/N-ethyl adjacent to an activating group) is 1. The van der Waals surface area contributed by atoms with E-state index >= 15 is 0 Å². The standard InChI is InChI=1S/C16H28N2OS/c1-12-13(2)20-15(17-12)11-14(19)16(18(3)4)9-7-5-6-8-10-16/h14,19H,5-11H2,1-4H3. The highest BCUT2D eigenvalue weighted by molar-refractivity contribution is 7.11. The molecule has 2 rings (SSSR count). The highest BCUT2D eigenvalue weighted by Gasteiger charge is 2.40. The van der Waals surface area contributed by atoms with Crippen LogP contribution in [0.4, 0.5) is 0 Å². The minimum Gasteiger partial charge on any atom is -0.391 e. The number of hydrogen-bond acceptors (Lipinski definition) is 4. The molecule has 114 valence electrons. The second-order valence-electron chi connectivity index (χ2n) is 6.38. The fourth-order valence-corrected chi connectivity index (χ4v) is 4.37. The van der Waals surface area contributed by atoms with Gasteiger partial charge in [-0.3, -0.25) is 0 Å². The van der Waals surface area contributed by atoms with E-state index in [9.17, 15) is 5.11 Å². The Morgan fingerprint density at radius 2 is 1.80 bits per heavy atom. The monoisotopic (exact) mass is 296 g/mol. The molecule has 1 heterocycles. The molecule has 0 aliphatic heterocycles. The Bertz CT molecular complexity index is 414. The van der Waals surface area contributed by atoms with Gasteiger partial charge < -0.3 is 10.0 Å². The third-order valence-corrected chi connectivity index (χ3v) is 6.02. The molecule has 0 aromatic carbocycles. The molecule has 1 N–H and O–H groups in total. The fraction of sp³-hybridized carbons (Fsp3) is 0.812. The predicted molar refractivity (Wildman–Crippen MR) is 85.4 cm³/mol. The van der Waals surface area contributed by atoms with Crippen LogP contribution in [0, 0.1) is 13.8 Å². The van der Waals surface area contributed by atoms with Crippen LogP contribution in [-0.2, 0) is 6.42 Å². The normalized spacial score (nSPS) is 20.9. The Hall–Kier alpha value is -0.450. The summed E-state index contributed by atoms with van der Waals surface area (Å²) in [6.07, 6.45) is 7.64. The van der Waals surface area contributed by atoms with Crippen molar-refractivity contribution in [1.29, 1.82) is 0 Å². The topological polar surface area (TPSA) is 36.4 Å². The van der Waals surface area contributed by atoms with E-state index in [0.29, 0.717) is 6.42 Å². The highest BCUT2D eigenvalue weighted by atomic mass is 32.1.